The number of nitrogens with one attached hydrogen (secondary N) is 4. The van der Waals surface area contributed by atoms with Gasteiger partial charge in [0.05, 0.1) is 59.1 Å². The molecular weight excluding hydrogens is 885 g/mol. The third kappa shape index (κ3) is 9.89. The maximum atomic E-state index is 14.3. The van der Waals surface area contributed by atoms with E-state index in [1.807, 2.05) is 94.6 Å². The van der Waals surface area contributed by atoms with Gasteiger partial charge in [-0.15, -0.1) is 0 Å². The maximum absolute atomic E-state index is 14.3. The molecule has 364 valence electrons. The summed E-state index contributed by atoms with van der Waals surface area (Å²) in [5.74, 6) is 1.42. The fraction of sp³-hybridized carbons (Fsp3) is 0.420. The van der Waals surface area contributed by atoms with E-state index in [9.17, 15) is 24.0 Å². The van der Waals surface area contributed by atoms with E-state index in [1.54, 1.807) is 40.0 Å². The number of nitrogens with zero attached hydrogens (tertiary/aromatic N) is 6. The predicted octanol–water partition coefficient (Wildman–Crippen LogP) is 6.85. The first-order valence-corrected chi connectivity index (χ1v) is 23.1. The number of aromatic nitrogens is 4. The SMILES string of the molecule is COC(=O)NC(C(=O)N1CCC[C@H]1c1nc(-c2ccc(-c3ccc(-c4c[nH]c([C@@H]5CN(C(=O)N6Cc7cc(OC)c(OC)cc7C6)CN5C(=O)[C@@H](NC(=O)OC)C(C)C)n4)cc3)cc2)c[nH]1)C(C)C. The minimum absolute atomic E-state index is 0.0185. The number of benzene rings is 3. The third-order valence-corrected chi connectivity index (χ3v) is 13.2. The standard InChI is InChI=1S/C50H60N10O9/c1-28(2)42(55-48(63)68-7)46(61)59-19-9-10-38(59)44-51-22-36(53-44)32-15-11-30(12-16-32)31-13-17-33(18-14-31)37-23-52-45(54-37)39-26-58(27-60(39)47(62)43(29(3)4)56-49(64)69-8)50(65)57-24-34-20-40(66-5)41(67-6)21-35(34)25-57/h11-18,20-23,28-29,38-39,42-43H,9-10,19,24-27H2,1-8H3,(H,51,53)(H,52,54)(H,55,63)(H,56,64)/t38-,39-,42?,43-/m0/s1. The first kappa shape index (κ1) is 47.9. The largest absolute Gasteiger partial charge is 0.493 e. The molecule has 0 radical (unpaired) electrons. The molecule has 2 aromatic heterocycles. The van der Waals surface area contributed by atoms with Crippen molar-refractivity contribution in [1.29, 1.82) is 0 Å². The van der Waals surface area contributed by atoms with Crippen LogP contribution in [0.25, 0.3) is 33.6 Å². The highest BCUT2D eigenvalue weighted by Crippen LogP contribution is 2.38. The molecule has 4 N–H and O–H groups in total. The molecule has 8 rings (SSSR count). The van der Waals surface area contributed by atoms with Gasteiger partial charge in [-0.3, -0.25) is 9.59 Å². The van der Waals surface area contributed by atoms with Gasteiger partial charge in [0.25, 0.3) is 0 Å². The molecule has 1 unspecified atom stereocenters. The number of alkyl carbamates (subject to hydrolysis) is 2. The Balaban J connectivity index is 0.964. The molecule has 4 atom stereocenters. The quantitative estimate of drug-likeness (QED) is 0.0957. The summed E-state index contributed by atoms with van der Waals surface area (Å²) in [7, 11) is 5.67. The zero-order chi connectivity index (χ0) is 49.1. The first-order chi connectivity index (χ1) is 33.2. The van der Waals surface area contributed by atoms with Crippen LogP contribution in [0.3, 0.4) is 0 Å². The summed E-state index contributed by atoms with van der Waals surface area (Å²) in [5.41, 5.74) is 7.06. The van der Waals surface area contributed by atoms with Crippen LogP contribution in [0.1, 0.15) is 75.4 Å². The molecule has 0 spiro atoms. The lowest BCUT2D eigenvalue weighted by Crippen LogP contribution is -2.52. The molecule has 5 heterocycles. The number of imidazole rings is 2. The molecule has 2 saturated heterocycles. The van der Waals surface area contributed by atoms with Gasteiger partial charge in [-0.1, -0.05) is 76.2 Å². The molecule has 69 heavy (non-hydrogen) atoms. The number of urea groups is 1. The average Bonchev–Trinajstić information content (AvgIpc) is 4.23. The number of aromatic amines is 2. The lowest BCUT2D eigenvalue weighted by Gasteiger charge is -2.29. The third-order valence-electron chi connectivity index (χ3n) is 13.2. The zero-order valence-electron chi connectivity index (χ0n) is 40.2. The molecule has 0 aliphatic carbocycles. The zero-order valence-corrected chi connectivity index (χ0v) is 40.2. The Labute approximate surface area is 400 Å². The highest BCUT2D eigenvalue weighted by Gasteiger charge is 2.44. The Bertz CT molecular complexity index is 2650. The first-order valence-electron chi connectivity index (χ1n) is 23.1. The van der Waals surface area contributed by atoms with Crippen molar-refractivity contribution in [3.8, 4) is 45.1 Å². The van der Waals surface area contributed by atoms with Gasteiger partial charge in [0.15, 0.2) is 11.5 Å². The molecule has 19 heteroatoms. The fourth-order valence-corrected chi connectivity index (χ4v) is 9.35. The molecule has 0 saturated carbocycles. The van der Waals surface area contributed by atoms with Crippen LogP contribution in [0.2, 0.25) is 0 Å². The summed E-state index contributed by atoms with van der Waals surface area (Å²) in [6.07, 6.45) is 3.85. The van der Waals surface area contributed by atoms with Crippen molar-refractivity contribution in [2.75, 3.05) is 48.2 Å². The van der Waals surface area contributed by atoms with Crippen LogP contribution in [0.5, 0.6) is 11.5 Å². The summed E-state index contributed by atoms with van der Waals surface area (Å²) in [6, 6.07) is 17.1. The minimum atomic E-state index is -0.916. The summed E-state index contributed by atoms with van der Waals surface area (Å²) >= 11 is 0. The van der Waals surface area contributed by atoms with E-state index >= 15 is 0 Å². The van der Waals surface area contributed by atoms with Crippen molar-refractivity contribution in [3.05, 3.63) is 95.8 Å². The summed E-state index contributed by atoms with van der Waals surface area (Å²) in [4.78, 5) is 89.8. The summed E-state index contributed by atoms with van der Waals surface area (Å²) in [5, 5.41) is 5.38. The van der Waals surface area contributed by atoms with Gasteiger partial charge in [0.1, 0.15) is 29.8 Å². The molecule has 5 aromatic rings. The van der Waals surface area contributed by atoms with E-state index in [0.29, 0.717) is 48.5 Å². The molecule has 6 amide bonds. The molecular formula is C50H60N10O9. The topological polar surface area (TPSA) is 217 Å². The molecule has 3 aliphatic rings. The Morgan fingerprint density at radius 1 is 0.623 bits per heavy atom. The van der Waals surface area contributed by atoms with Crippen molar-refractivity contribution < 1.29 is 42.9 Å². The van der Waals surface area contributed by atoms with Crippen molar-refractivity contribution >= 4 is 30.0 Å². The second-order valence-corrected chi connectivity index (χ2v) is 18.2. The smallest absolute Gasteiger partial charge is 0.407 e. The number of amides is 6. The van der Waals surface area contributed by atoms with E-state index < -0.39 is 30.3 Å². The Hall–Kier alpha value is -7.57. The van der Waals surface area contributed by atoms with E-state index in [1.165, 1.54) is 14.2 Å². The number of fused-ring (bicyclic) bond motifs is 1. The van der Waals surface area contributed by atoms with E-state index in [4.69, 9.17) is 28.9 Å². The van der Waals surface area contributed by atoms with Gasteiger partial charge < -0.3 is 59.1 Å². The van der Waals surface area contributed by atoms with Crippen LogP contribution < -0.4 is 20.1 Å². The van der Waals surface area contributed by atoms with E-state index in [0.717, 1.165) is 51.9 Å². The van der Waals surface area contributed by atoms with Gasteiger partial charge in [0.2, 0.25) is 11.8 Å². The summed E-state index contributed by atoms with van der Waals surface area (Å²) < 4.78 is 20.6. The van der Waals surface area contributed by atoms with Crippen LogP contribution in [0.15, 0.2) is 73.1 Å². The van der Waals surface area contributed by atoms with Crippen LogP contribution in [0, 0.1) is 11.8 Å². The van der Waals surface area contributed by atoms with Crippen LogP contribution in [-0.2, 0) is 32.2 Å². The molecule has 0 bridgehead atoms. The predicted molar refractivity (Wildman–Crippen MR) is 254 cm³/mol. The fourth-order valence-electron chi connectivity index (χ4n) is 9.35. The van der Waals surface area contributed by atoms with Crippen LogP contribution in [-0.4, -0.2) is 130 Å². The van der Waals surface area contributed by atoms with Crippen molar-refractivity contribution in [2.45, 2.75) is 77.8 Å². The second kappa shape index (κ2) is 20.3. The Kier molecular flexibility index (Phi) is 14.1. The molecule has 19 nitrogen and oxygen atoms in total. The lowest BCUT2D eigenvalue weighted by atomic mass is 10.0. The van der Waals surface area contributed by atoms with Gasteiger partial charge in [-0.2, -0.15) is 0 Å². The number of hydrogen-bond acceptors (Lipinski definition) is 11. The van der Waals surface area contributed by atoms with Crippen LogP contribution in [0.4, 0.5) is 14.4 Å². The van der Waals surface area contributed by atoms with Crippen molar-refractivity contribution in [3.63, 3.8) is 0 Å². The highest BCUT2D eigenvalue weighted by atomic mass is 16.5. The number of methoxy groups -OCH3 is 4. The second-order valence-electron chi connectivity index (χ2n) is 18.2. The molecule has 3 aliphatic heterocycles. The van der Waals surface area contributed by atoms with Crippen LogP contribution >= 0.6 is 0 Å². The number of carbonyl (C=O) groups is 5. The monoisotopic (exact) mass is 944 g/mol. The minimum Gasteiger partial charge on any atom is -0.493 e. The van der Waals surface area contributed by atoms with E-state index in [-0.39, 0.29) is 48.9 Å². The van der Waals surface area contributed by atoms with E-state index in [2.05, 4.69) is 20.6 Å². The van der Waals surface area contributed by atoms with Gasteiger partial charge in [-0.05, 0) is 59.1 Å². The number of H-pyrrole nitrogens is 2. The van der Waals surface area contributed by atoms with Gasteiger partial charge >= 0.3 is 18.2 Å². The molecule has 2 fully saturated rings. The average molecular weight is 945 g/mol. The normalized spacial score (nSPS) is 17.5. The Morgan fingerprint density at radius 2 is 1.07 bits per heavy atom. The maximum Gasteiger partial charge on any atom is 0.407 e. The lowest BCUT2D eigenvalue weighted by molar-refractivity contribution is -0.136. The number of hydrogen-bond donors (Lipinski definition) is 4. The van der Waals surface area contributed by atoms with Gasteiger partial charge in [-0.25, -0.2) is 24.4 Å². The molecule has 3 aromatic carbocycles. The highest BCUT2D eigenvalue weighted by molar-refractivity contribution is 5.88. The number of carbonyl (C=O) groups excluding carboxylic acids is 5. The number of rotatable bonds is 13. The number of likely N-dealkylation sites (tertiary alicyclic amines) is 1. The van der Waals surface area contributed by atoms with Crippen molar-refractivity contribution in [2.24, 2.45) is 11.8 Å². The summed E-state index contributed by atoms with van der Waals surface area (Å²) in [6.45, 7) is 8.90. The Morgan fingerprint density at radius 3 is 1.52 bits per heavy atom. The number of ether oxygens (including phenoxy) is 4. The van der Waals surface area contributed by atoms with Crippen molar-refractivity contribution in [1.82, 2.24) is 50.2 Å². The van der Waals surface area contributed by atoms with Gasteiger partial charge in [0, 0.05) is 43.2 Å².